The standard InChI is InChI=1S/C12H16N4O/c1-12(2,13-3)11(17)15-9-6-4-5-8-7-14-16-10(8)9/h4-7,13H,1-3H3,(H,14,16)(H,15,17). The second-order valence-corrected chi connectivity index (χ2v) is 4.47. The predicted molar refractivity (Wildman–Crippen MR) is 67.9 cm³/mol. The fourth-order valence-electron chi connectivity index (χ4n) is 1.47. The van der Waals surface area contributed by atoms with Crippen molar-refractivity contribution in [3.05, 3.63) is 24.4 Å². The van der Waals surface area contributed by atoms with Crippen LogP contribution in [0.5, 0.6) is 0 Å². The highest BCUT2D eigenvalue weighted by Crippen LogP contribution is 2.21. The molecule has 0 bridgehead atoms. The Morgan fingerprint density at radius 1 is 1.41 bits per heavy atom. The van der Waals surface area contributed by atoms with Gasteiger partial charge in [0, 0.05) is 5.39 Å². The number of H-pyrrole nitrogens is 1. The highest BCUT2D eigenvalue weighted by molar-refractivity contribution is 6.03. The lowest BCUT2D eigenvalue weighted by atomic mass is 10.0. The summed E-state index contributed by atoms with van der Waals surface area (Å²) in [4.78, 5) is 12.0. The molecule has 1 amide bonds. The molecule has 0 unspecified atom stereocenters. The molecule has 1 aromatic carbocycles. The Morgan fingerprint density at radius 2 is 2.18 bits per heavy atom. The van der Waals surface area contributed by atoms with Gasteiger partial charge in [0.1, 0.15) is 0 Å². The van der Waals surface area contributed by atoms with E-state index in [4.69, 9.17) is 0 Å². The minimum Gasteiger partial charge on any atom is -0.323 e. The molecular weight excluding hydrogens is 216 g/mol. The number of nitrogens with one attached hydrogen (secondary N) is 3. The first-order valence-electron chi connectivity index (χ1n) is 5.47. The average molecular weight is 232 g/mol. The van der Waals surface area contributed by atoms with Crippen molar-refractivity contribution in [1.29, 1.82) is 0 Å². The number of likely N-dealkylation sites (N-methyl/N-ethyl adjacent to an activating group) is 1. The third kappa shape index (κ3) is 2.14. The van der Waals surface area contributed by atoms with Gasteiger partial charge in [-0.3, -0.25) is 9.89 Å². The number of rotatable bonds is 3. The Balaban J connectivity index is 2.30. The molecule has 0 fully saturated rings. The summed E-state index contributed by atoms with van der Waals surface area (Å²) in [7, 11) is 1.76. The molecule has 0 aliphatic rings. The number of carbonyl (C=O) groups is 1. The molecule has 1 aromatic heterocycles. The lowest BCUT2D eigenvalue weighted by Crippen LogP contribution is -2.47. The fraction of sp³-hybridized carbons (Fsp3) is 0.333. The van der Waals surface area contributed by atoms with Gasteiger partial charge >= 0.3 is 0 Å². The molecule has 2 rings (SSSR count). The molecule has 5 nitrogen and oxygen atoms in total. The number of hydrogen-bond donors (Lipinski definition) is 3. The van der Waals surface area contributed by atoms with E-state index in [0.29, 0.717) is 0 Å². The van der Waals surface area contributed by atoms with Gasteiger partial charge in [-0.2, -0.15) is 5.10 Å². The van der Waals surface area contributed by atoms with Crippen LogP contribution in [0.1, 0.15) is 13.8 Å². The van der Waals surface area contributed by atoms with E-state index in [1.165, 1.54) is 0 Å². The monoisotopic (exact) mass is 232 g/mol. The number of nitrogens with zero attached hydrogens (tertiary/aromatic N) is 1. The molecule has 1 heterocycles. The molecule has 0 spiro atoms. The van der Waals surface area contributed by atoms with Gasteiger partial charge < -0.3 is 10.6 Å². The summed E-state index contributed by atoms with van der Waals surface area (Å²) in [6.07, 6.45) is 1.73. The van der Waals surface area contributed by atoms with Crippen LogP contribution < -0.4 is 10.6 Å². The van der Waals surface area contributed by atoms with Crippen LogP contribution in [0.4, 0.5) is 5.69 Å². The fourth-order valence-corrected chi connectivity index (χ4v) is 1.47. The summed E-state index contributed by atoms with van der Waals surface area (Å²) in [6, 6.07) is 5.68. The van der Waals surface area contributed by atoms with Gasteiger partial charge in [-0.25, -0.2) is 0 Å². The minimum atomic E-state index is -0.609. The predicted octanol–water partition coefficient (Wildman–Crippen LogP) is 1.50. The maximum Gasteiger partial charge on any atom is 0.244 e. The lowest BCUT2D eigenvalue weighted by molar-refractivity contribution is -0.121. The summed E-state index contributed by atoms with van der Waals surface area (Å²) >= 11 is 0. The van der Waals surface area contributed by atoms with Crippen molar-refractivity contribution in [2.75, 3.05) is 12.4 Å². The second kappa shape index (κ2) is 4.18. The van der Waals surface area contributed by atoms with E-state index in [-0.39, 0.29) is 5.91 Å². The molecule has 0 saturated heterocycles. The van der Waals surface area contributed by atoms with Crippen molar-refractivity contribution in [3.63, 3.8) is 0 Å². The Hall–Kier alpha value is -1.88. The highest BCUT2D eigenvalue weighted by Gasteiger charge is 2.25. The third-order valence-electron chi connectivity index (χ3n) is 2.92. The molecule has 0 atom stereocenters. The van der Waals surface area contributed by atoms with Gasteiger partial charge in [0.25, 0.3) is 0 Å². The maximum absolute atomic E-state index is 12.0. The van der Waals surface area contributed by atoms with Gasteiger partial charge in [-0.1, -0.05) is 12.1 Å². The number of benzene rings is 1. The van der Waals surface area contributed by atoms with Crippen molar-refractivity contribution >= 4 is 22.5 Å². The van der Waals surface area contributed by atoms with Crippen LogP contribution in [0, 0.1) is 0 Å². The van der Waals surface area contributed by atoms with Gasteiger partial charge in [-0.05, 0) is 27.0 Å². The van der Waals surface area contributed by atoms with Crippen LogP contribution >= 0.6 is 0 Å². The molecular formula is C12H16N4O. The Kier molecular flexibility index (Phi) is 2.85. The third-order valence-corrected chi connectivity index (χ3v) is 2.92. The highest BCUT2D eigenvalue weighted by atomic mass is 16.2. The number of carbonyl (C=O) groups excluding carboxylic acids is 1. The Labute approximate surface area is 99.6 Å². The molecule has 0 aliphatic carbocycles. The van der Waals surface area contributed by atoms with Crippen LogP contribution in [0.15, 0.2) is 24.4 Å². The zero-order chi connectivity index (χ0) is 12.5. The van der Waals surface area contributed by atoms with Crippen molar-refractivity contribution in [2.45, 2.75) is 19.4 Å². The zero-order valence-corrected chi connectivity index (χ0v) is 10.2. The SMILES string of the molecule is CNC(C)(C)C(=O)Nc1cccc2cn[nH]c12. The molecule has 17 heavy (non-hydrogen) atoms. The van der Waals surface area contributed by atoms with E-state index in [1.54, 1.807) is 13.2 Å². The number of amides is 1. The largest absolute Gasteiger partial charge is 0.323 e. The van der Waals surface area contributed by atoms with Crippen molar-refractivity contribution in [3.8, 4) is 0 Å². The van der Waals surface area contributed by atoms with E-state index in [9.17, 15) is 4.79 Å². The first kappa shape index (κ1) is 11.6. The van der Waals surface area contributed by atoms with E-state index in [0.717, 1.165) is 16.6 Å². The van der Waals surface area contributed by atoms with Crippen LogP contribution in [-0.2, 0) is 4.79 Å². The van der Waals surface area contributed by atoms with Gasteiger partial charge in [0.2, 0.25) is 5.91 Å². The number of aromatic nitrogens is 2. The average Bonchev–Trinajstić information content (AvgIpc) is 2.78. The van der Waals surface area contributed by atoms with E-state index >= 15 is 0 Å². The maximum atomic E-state index is 12.0. The Bertz CT molecular complexity index is 544. The molecule has 2 aromatic rings. The molecule has 0 aliphatic heterocycles. The molecule has 90 valence electrons. The Morgan fingerprint density at radius 3 is 2.88 bits per heavy atom. The van der Waals surface area contributed by atoms with Crippen LogP contribution in [0.3, 0.4) is 0 Å². The zero-order valence-electron chi connectivity index (χ0n) is 10.2. The van der Waals surface area contributed by atoms with Crippen molar-refractivity contribution in [1.82, 2.24) is 15.5 Å². The first-order valence-corrected chi connectivity index (χ1v) is 5.47. The quantitative estimate of drug-likeness (QED) is 0.751. The number of para-hydroxylation sites is 1. The van der Waals surface area contributed by atoms with E-state index < -0.39 is 5.54 Å². The minimum absolute atomic E-state index is 0.0814. The first-order chi connectivity index (χ1) is 8.04. The van der Waals surface area contributed by atoms with Crippen molar-refractivity contribution in [2.24, 2.45) is 0 Å². The van der Waals surface area contributed by atoms with Crippen LogP contribution in [0.25, 0.3) is 10.9 Å². The normalized spacial score (nSPS) is 11.7. The summed E-state index contributed by atoms with van der Waals surface area (Å²) < 4.78 is 0. The van der Waals surface area contributed by atoms with Crippen LogP contribution in [0.2, 0.25) is 0 Å². The van der Waals surface area contributed by atoms with Gasteiger partial charge in [0.15, 0.2) is 0 Å². The lowest BCUT2D eigenvalue weighted by Gasteiger charge is -2.22. The summed E-state index contributed by atoms with van der Waals surface area (Å²) in [5.41, 5.74) is 0.975. The van der Waals surface area contributed by atoms with E-state index in [1.807, 2.05) is 32.0 Å². The number of hydrogen-bond acceptors (Lipinski definition) is 3. The molecule has 0 saturated carbocycles. The number of aromatic amines is 1. The van der Waals surface area contributed by atoms with Gasteiger partial charge in [-0.15, -0.1) is 0 Å². The summed E-state index contributed by atoms with van der Waals surface area (Å²) in [5.74, 6) is -0.0814. The van der Waals surface area contributed by atoms with Crippen LogP contribution in [-0.4, -0.2) is 28.7 Å². The topological polar surface area (TPSA) is 69.8 Å². The molecule has 0 radical (unpaired) electrons. The number of fused-ring (bicyclic) bond motifs is 1. The summed E-state index contributed by atoms with van der Waals surface area (Å²) in [6.45, 7) is 3.66. The molecule has 3 N–H and O–H groups in total. The summed E-state index contributed by atoms with van der Waals surface area (Å²) in [5, 5.41) is 13.7. The second-order valence-electron chi connectivity index (χ2n) is 4.47. The number of anilines is 1. The smallest absolute Gasteiger partial charge is 0.244 e. The van der Waals surface area contributed by atoms with E-state index in [2.05, 4.69) is 20.8 Å². The van der Waals surface area contributed by atoms with Gasteiger partial charge in [0.05, 0.1) is 22.9 Å². The molecule has 5 heteroatoms. The van der Waals surface area contributed by atoms with Crippen molar-refractivity contribution < 1.29 is 4.79 Å².